The van der Waals surface area contributed by atoms with Crippen molar-refractivity contribution in [1.82, 2.24) is 15.0 Å². The highest BCUT2D eigenvalue weighted by atomic mass is 32.1. The first kappa shape index (κ1) is 12.4. The first-order valence-corrected chi connectivity index (χ1v) is 6.67. The van der Waals surface area contributed by atoms with Gasteiger partial charge in [0.2, 0.25) is 0 Å². The number of aromatic carboxylic acids is 1. The molecule has 98 valence electrons. The van der Waals surface area contributed by atoms with Crippen LogP contribution in [-0.2, 0) is 0 Å². The summed E-state index contributed by atoms with van der Waals surface area (Å²) in [5, 5.41) is 11.6. The van der Waals surface area contributed by atoms with Crippen LogP contribution >= 0.6 is 11.3 Å². The number of nitrogens with zero attached hydrogens (tertiary/aromatic N) is 3. The van der Waals surface area contributed by atoms with Crippen LogP contribution in [0, 0.1) is 0 Å². The summed E-state index contributed by atoms with van der Waals surface area (Å²) >= 11 is 1.49. The van der Waals surface area contributed by atoms with Gasteiger partial charge in [-0.1, -0.05) is 12.1 Å². The number of hydrogen-bond acceptors (Lipinski definition) is 5. The summed E-state index contributed by atoms with van der Waals surface area (Å²) in [6, 6.07) is 8.45. The van der Waals surface area contributed by atoms with Gasteiger partial charge in [0.25, 0.3) is 0 Å². The molecule has 1 aromatic carbocycles. The molecule has 0 aliphatic heterocycles. The standard InChI is InChI=1S/C14H9N3O2S/c18-14(19)10-3-1-9(2-4-10)12-7-20-13(17-12)11-5-6-15-8-16-11/h1-8H,(H,18,19). The van der Waals surface area contributed by atoms with E-state index in [0.29, 0.717) is 0 Å². The maximum Gasteiger partial charge on any atom is 0.335 e. The molecule has 0 spiro atoms. The predicted molar refractivity (Wildman–Crippen MR) is 75.5 cm³/mol. The number of aromatic nitrogens is 3. The van der Waals surface area contributed by atoms with E-state index in [9.17, 15) is 4.79 Å². The molecule has 0 saturated carbocycles. The van der Waals surface area contributed by atoms with Crippen molar-refractivity contribution in [2.75, 3.05) is 0 Å². The molecule has 0 fully saturated rings. The van der Waals surface area contributed by atoms with Gasteiger partial charge in [-0.2, -0.15) is 0 Å². The van der Waals surface area contributed by atoms with E-state index in [2.05, 4.69) is 15.0 Å². The van der Waals surface area contributed by atoms with Gasteiger partial charge in [-0.3, -0.25) is 0 Å². The minimum absolute atomic E-state index is 0.264. The van der Waals surface area contributed by atoms with Crippen LogP contribution in [0.1, 0.15) is 10.4 Å². The Morgan fingerprint density at radius 3 is 2.55 bits per heavy atom. The summed E-state index contributed by atoms with van der Waals surface area (Å²) in [5.41, 5.74) is 2.73. The Hall–Kier alpha value is -2.60. The molecule has 0 radical (unpaired) electrons. The van der Waals surface area contributed by atoms with Crippen LogP contribution in [0.25, 0.3) is 22.0 Å². The molecule has 5 nitrogen and oxygen atoms in total. The van der Waals surface area contributed by atoms with E-state index in [1.54, 1.807) is 36.5 Å². The van der Waals surface area contributed by atoms with Crippen molar-refractivity contribution >= 4 is 17.3 Å². The second-order valence-electron chi connectivity index (χ2n) is 4.02. The van der Waals surface area contributed by atoms with Crippen LogP contribution in [0.5, 0.6) is 0 Å². The fourth-order valence-corrected chi connectivity index (χ4v) is 2.53. The van der Waals surface area contributed by atoms with Crippen LogP contribution in [0.2, 0.25) is 0 Å². The van der Waals surface area contributed by atoms with Crippen LogP contribution in [0.4, 0.5) is 0 Å². The summed E-state index contributed by atoms with van der Waals surface area (Å²) in [6.45, 7) is 0. The van der Waals surface area contributed by atoms with Crippen molar-refractivity contribution in [3.63, 3.8) is 0 Å². The van der Waals surface area contributed by atoms with Gasteiger partial charge in [0.15, 0.2) is 0 Å². The summed E-state index contributed by atoms with van der Waals surface area (Å²) in [5.74, 6) is -0.934. The highest BCUT2D eigenvalue weighted by Gasteiger charge is 2.08. The number of hydrogen-bond donors (Lipinski definition) is 1. The van der Waals surface area contributed by atoms with Gasteiger partial charge in [0.1, 0.15) is 17.0 Å². The van der Waals surface area contributed by atoms with Crippen molar-refractivity contribution in [2.24, 2.45) is 0 Å². The average molecular weight is 283 g/mol. The van der Waals surface area contributed by atoms with Gasteiger partial charge in [0.05, 0.1) is 11.3 Å². The van der Waals surface area contributed by atoms with Gasteiger partial charge < -0.3 is 5.11 Å². The third-order valence-corrected chi connectivity index (χ3v) is 3.60. The van der Waals surface area contributed by atoms with Crippen molar-refractivity contribution in [1.29, 1.82) is 0 Å². The van der Waals surface area contributed by atoms with E-state index in [4.69, 9.17) is 5.11 Å². The summed E-state index contributed by atoms with van der Waals surface area (Å²) in [6.07, 6.45) is 3.16. The lowest BCUT2D eigenvalue weighted by molar-refractivity contribution is 0.0697. The molecule has 0 aliphatic rings. The third kappa shape index (κ3) is 2.41. The van der Waals surface area contributed by atoms with E-state index in [-0.39, 0.29) is 5.56 Å². The molecule has 2 aromatic heterocycles. The topological polar surface area (TPSA) is 76.0 Å². The molecule has 6 heteroatoms. The maximum atomic E-state index is 10.8. The van der Waals surface area contributed by atoms with Crippen LogP contribution in [-0.4, -0.2) is 26.0 Å². The molecular formula is C14H9N3O2S. The molecule has 0 atom stereocenters. The zero-order valence-corrected chi connectivity index (χ0v) is 11.0. The molecule has 0 bridgehead atoms. The third-order valence-electron chi connectivity index (χ3n) is 2.73. The van der Waals surface area contributed by atoms with Crippen LogP contribution in [0.3, 0.4) is 0 Å². The number of thiazole rings is 1. The lowest BCUT2D eigenvalue weighted by Crippen LogP contribution is -1.94. The number of carboxylic acids is 1. The summed E-state index contributed by atoms with van der Waals surface area (Å²) in [7, 11) is 0. The SMILES string of the molecule is O=C(O)c1ccc(-c2csc(-c3ccncn3)n2)cc1. The van der Waals surface area contributed by atoms with Crippen molar-refractivity contribution in [3.8, 4) is 22.0 Å². The number of carboxylic acid groups (broad SMARTS) is 1. The van der Waals surface area contributed by atoms with E-state index in [0.717, 1.165) is 22.0 Å². The minimum atomic E-state index is -0.934. The molecule has 3 rings (SSSR count). The second kappa shape index (κ2) is 5.18. The lowest BCUT2D eigenvalue weighted by Gasteiger charge is -1.98. The van der Waals surface area contributed by atoms with Crippen molar-refractivity contribution in [3.05, 3.63) is 53.8 Å². The fraction of sp³-hybridized carbons (Fsp3) is 0. The molecule has 0 amide bonds. The smallest absolute Gasteiger partial charge is 0.335 e. The molecule has 1 N–H and O–H groups in total. The molecule has 0 aliphatic carbocycles. The molecule has 0 unspecified atom stereocenters. The second-order valence-corrected chi connectivity index (χ2v) is 4.87. The van der Waals surface area contributed by atoms with Gasteiger partial charge >= 0.3 is 5.97 Å². The van der Waals surface area contributed by atoms with Gasteiger partial charge in [-0.15, -0.1) is 11.3 Å². The lowest BCUT2D eigenvalue weighted by atomic mass is 10.1. The molecule has 3 aromatic rings. The Kier molecular flexibility index (Phi) is 3.22. The minimum Gasteiger partial charge on any atom is -0.478 e. The van der Waals surface area contributed by atoms with Crippen LogP contribution in [0.15, 0.2) is 48.2 Å². The van der Waals surface area contributed by atoms with Gasteiger partial charge in [-0.25, -0.2) is 19.7 Å². The van der Waals surface area contributed by atoms with Crippen LogP contribution < -0.4 is 0 Å². The largest absolute Gasteiger partial charge is 0.478 e. The quantitative estimate of drug-likeness (QED) is 0.799. The molecule has 2 heterocycles. The molecule has 20 heavy (non-hydrogen) atoms. The maximum absolute atomic E-state index is 10.8. The first-order chi connectivity index (χ1) is 9.74. The summed E-state index contributed by atoms with van der Waals surface area (Å²) < 4.78 is 0. The van der Waals surface area contributed by atoms with E-state index in [1.165, 1.54) is 17.7 Å². The Bertz CT molecular complexity index is 739. The fourth-order valence-electron chi connectivity index (χ4n) is 1.72. The summed E-state index contributed by atoms with van der Waals surface area (Å²) in [4.78, 5) is 23.3. The van der Waals surface area contributed by atoms with Crippen molar-refractivity contribution in [2.45, 2.75) is 0 Å². The zero-order valence-electron chi connectivity index (χ0n) is 10.2. The average Bonchev–Trinajstić information content (AvgIpc) is 2.98. The number of benzene rings is 1. The normalized spacial score (nSPS) is 10.4. The molecular weight excluding hydrogens is 274 g/mol. The van der Waals surface area contributed by atoms with Gasteiger partial charge in [-0.05, 0) is 18.2 Å². The Labute approximate surface area is 118 Å². The van der Waals surface area contributed by atoms with E-state index in [1.807, 2.05) is 5.38 Å². The predicted octanol–water partition coefficient (Wildman–Crippen LogP) is 2.97. The van der Waals surface area contributed by atoms with E-state index < -0.39 is 5.97 Å². The van der Waals surface area contributed by atoms with Gasteiger partial charge in [0, 0.05) is 17.1 Å². The zero-order chi connectivity index (χ0) is 13.9. The van der Waals surface area contributed by atoms with E-state index >= 15 is 0 Å². The Balaban J connectivity index is 1.92. The first-order valence-electron chi connectivity index (χ1n) is 5.80. The Morgan fingerprint density at radius 1 is 1.10 bits per heavy atom. The Morgan fingerprint density at radius 2 is 1.90 bits per heavy atom. The number of carbonyl (C=O) groups is 1. The monoisotopic (exact) mass is 283 g/mol. The highest BCUT2D eigenvalue weighted by Crippen LogP contribution is 2.27. The van der Waals surface area contributed by atoms with Crippen molar-refractivity contribution < 1.29 is 9.90 Å². The number of rotatable bonds is 3. The molecule has 0 saturated heterocycles. The highest BCUT2D eigenvalue weighted by molar-refractivity contribution is 7.13.